The number of nitrogens with one attached hydrogen (secondary N) is 1. The van der Waals surface area contributed by atoms with Gasteiger partial charge in [0.2, 0.25) is 0 Å². The van der Waals surface area contributed by atoms with Crippen LogP contribution in [-0.2, 0) is 6.54 Å². The predicted octanol–water partition coefficient (Wildman–Crippen LogP) is 2.13. The Bertz CT molecular complexity index is 351. The van der Waals surface area contributed by atoms with Gasteiger partial charge in [0.1, 0.15) is 5.15 Å². The van der Waals surface area contributed by atoms with Gasteiger partial charge in [0.05, 0.1) is 6.61 Å². The summed E-state index contributed by atoms with van der Waals surface area (Å²) in [5.74, 6) is 0. The lowest BCUT2D eigenvalue weighted by molar-refractivity contribution is 0.163. The van der Waals surface area contributed by atoms with E-state index in [2.05, 4.69) is 10.3 Å². The average molecular weight is 241 g/mol. The molecule has 1 aromatic rings. The van der Waals surface area contributed by atoms with Crippen molar-refractivity contribution in [3.05, 3.63) is 29.0 Å². The molecule has 0 unspecified atom stereocenters. The minimum Gasteiger partial charge on any atom is -0.394 e. The van der Waals surface area contributed by atoms with E-state index in [9.17, 15) is 5.11 Å². The molecule has 0 atom stereocenters. The molecule has 1 aliphatic rings. The number of nitrogens with zero attached hydrogens (tertiary/aromatic N) is 1. The molecule has 2 N–H and O–H groups in total. The van der Waals surface area contributed by atoms with Gasteiger partial charge in [-0.2, -0.15) is 0 Å². The van der Waals surface area contributed by atoms with Gasteiger partial charge in [-0.25, -0.2) is 4.98 Å². The molecule has 3 nitrogen and oxygen atoms in total. The van der Waals surface area contributed by atoms with E-state index < -0.39 is 0 Å². The van der Waals surface area contributed by atoms with Crippen molar-refractivity contribution in [2.75, 3.05) is 6.61 Å². The topological polar surface area (TPSA) is 45.1 Å². The van der Waals surface area contributed by atoms with Gasteiger partial charge in [-0.15, -0.1) is 0 Å². The van der Waals surface area contributed by atoms with Crippen molar-refractivity contribution in [2.24, 2.45) is 0 Å². The molecule has 2 rings (SSSR count). The number of aliphatic hydroxyl groups is 1. The zero-order valence-electron chi connectivity index (χ0n) is 9.25. The number of aromatic nitrogens is 1. The highest BCUT2D eigenvalue weighted by Gasteiger charge is 2.32. The molecule has 88 valence electrons. The van der Waals surface area contributed by atoms with Crippen LogP contribution in [0.2, 0.25) is 5.15 Å². The van der Waals surface area contributed by atoms with Crippen LogP contribution in [0.25, 0.3) is 0 Å². The summed E-state index contributed by atoms with van der Waals surface area (Å²) in [5, 5.41) is 13.4. The molecular weight excluding hydrogens is 224 g/mol. The van der Waals surface area contributed by atoms with Crippen molar-refractivity contribution in [2.45, 2.75) is 37.8 Å². The number of hydrogen-bond donors (Lipinski definition) is 2. The summed E-state index contributed by atoms with van der Waals surface area (Å²) < 4.78 is 0. The van der Waals surface area contributed by atoms with Gasteiger partial charge in [-0.05, 0) is 18.9 Å². The Hall–Kier alpha value is -0.640. The fourth-order valence-corrected chi connectivity index (χ4v) is 2.46. The van der Waals surface area contributed by atoms with Gasteiger partial charge < -0.3 is 10.4 Å². The van der Waals surface area contributed by atoms with Crippen molar-refractivity contribution in [3.8, 4) is 0 Å². The van der Waals surface area contributed by atoms with Gasteiger partial charge in [0.15, 0.2) is 0 Å². The Morgan fingerprint density at radius 3 is 2.81 bits per heavy atom. The molecule has 1 fully saturated rings. The minimum absolute atomic E-state index is 0.0980. The quantitative estimate of drug-likeness (QED) is 0.793. The van der Waals surface area contributed by atoms with Crippen LogP contribution in [0.3, 0.4) is 0 Å². The van der Waals surface area contributed by atoms with Crippen molar-refractivity contribution in [1.29, 1.82) is 0 Å². The van der Waals surface area contributed by atoms with Crippen molar-refractivity contribution >= 4 is 11.6 Å². The van der Waals surface area contributed by atoms with Crippen LogP contribution in [0.5, 0.6) is 0 Å². The fourth-order valence-electron chi connectivity index (χ4n) is 2.28. The first kappa shape index (κ1) is 11.8. The lowest BCUT2D eigenvalue weighted by atomic mass is 9.98. The molecule has 0 aromatic carbocycles. The van der Waals surface area contributed by atoms with Gasteiger partial charge in [0.25, 0.3) is 0 Å². The molecule has 1 aliphatic carbocycles. The zero-order valence-corrected chi connectivity index (χ0v) is 10.0. The third-order valence-corrected chi connectivity index (χ3v) is 3.69. The Morgan fingerprint density at radius 1 is 1.44 bits per heavy atom. The summed E-state index contributed by atoms with van der Waals surface area (Å²) in [7, 11) is 0. The van der Waals surface area contributed by atoms with Gasteiger partial charge >= 0.3 is 0 Å². The van der Waals surface area contributed by atoms with E-state index in [4.69, 9.17) is 11.6 Å². The molecule has 0 saturated heterocycles. The second-order valence-corrected chi connectivity index (χ2v) is 4.81. The van der Waals surface area contributed by atoms with Crippen LogP contribution in [0, 0.1) is 0 Å². The van der Waals surface area contributed by atoms with Gasteiger partial charge in [-0.3, -0.25) is 0 Å². The molecule has 4 heteroatoms. The molecule has 1 heterocycles. The van der Waals surface area contributed by atoms with Crippen LogP contribution in [0.1, 0.15) is 31.2 Å². The van der Waals surface area contributed by atoms with Crippen molar-refractivity contribution in [3.63, 3.8) is 0 Å². The third-order valence-electron chi connectivity index (χ3n) is 3.35. The maximum absolute atomic E-state index is 9.45. The summed E-state index contributed by atoms with van der Waals surface area (Å²) in [6.07, 6.45) is 6.15. The van der Waals surface area contributed by atoms with Gasteiger partial charge in [-0.1, -0.05) is 30.5 Å². The van der Waals surface area contributed by atoms with Crippen molar-refractivity contribution < 1.29 is 5.11 Å². The normalized spacial score (nSPS) is 18.9. The lowest BCUT2D eigenvalue weighted by Crippen LogP contribution is -2.45. The van der Waals surface area contributed by atoms with E-state index in [0.717, 1.165) is 18.4 Å². The largest absolute Gasteiger partial charge is 0.394 e. The number of hydrogen-bond acceptors (Lipinski definition) is 3. The van der Waals surface area contributed by atoms with Crippen LogP contribution in [0.15, 0.2) is 18.3 Å². The first-order valence-corrected chi connectivity index (χ1v) is 6.09. The maximum Gasteiger partial charge on any atom is 0.133 e. The highest BCUT2D eigenvalue weighted by Crippen LogP contribution is 2.29. The molecule has 0 spiro atoms. The van der Waals surface area contributed by atoms with E-state index >= 15 is 0 Å². The standard InChI is InChI=1S/C12H17ClN2O/c13-11-10(4-3-7-14-11)8-15-12(9-16)5-1-2-6-12/h3-4,7,15-16H,1-2,5-6,8-9H2. The molecular formula is C12H17ClN2O. The summed E-state index contributed by atoms with van der Waals surface area (Å²) in [5.41, 5.74) is 0.892. The third kappa shape index (κ3) is 2.54. The highest BCUT2D eigenvalue weighted by atomic mass is 35.5. The molecule has 0 amide bonds. The maximum atomic E-state index is 9.45. The lowest BCUT2D eigenvalue weighted by Gasteiger charge is -2.28. The molecule has 0 radical (unpaired) electrons. The summed E-state index contributed by atoms with van der Waals surface area (Å²) >= 11 is 5.98. The van der Waals surface area contributed by atoms with E-state index in [1.807, 2.05) is 12.1 Å². The van der Waals surface area contributed by atoms with E-state index in [1.165, 1.54) is 12.8 Å². The van der Waals surface area contributed by atoms with Crippen LogP contribution in [-0.4, -0.2) is 22.2 Å². The smallest absolute Gasteiger partial charge is 0.133 e. The molecule has 0 aliphatic heterocycles. The Balaban J connectivity index is 1.98. The summed E-state index contributed by atoms with van der Waals surface area (Å²) in [6, 6.07) is 3.84. The van der Waals surface area contributed by atoms with E-state index in [1.54, 1.807) is 6.20 Å². The summed E-state index contributed by atoms with van der Waals surface area (Å²) in [4.78, 5) is 4.04. The number of rotatable bonds is 4. The molecule has 16 heavy (non-hydrogen) atoms. The Labute approximate surface area is 101 Å². The summed E-state index contributed by atoms with van der Waals surface area (Å²) in [6.45, 7) is 0.873. The Kier molecular flexibility index (Phi) is 3.79. The average Bonchev–Trinajstić information content (AvgIpc) is 2.78. The van der Waals surface area contributed by atoms with Gasteiger partial charge in [0, 0.05) is 23.8 Å². The molecule has 1 aromatic heterocycles. The SMILES string of the molecule is OCC1(NCc2cccnc2Cl)CCCC1. The fraction of sp³-hybridized carbons (Fsp3) is 0.583. The van der Waals surface area contributed by atoms with E-state index in [-0.39, 0.29) is 12.1 Å². The Morgan fingerprint density at radius 2 is 2.19 bits per heavy atom. The van der Waals surface area contributed by atoms with Crippen LogP contribution < -0.4 is 5.32 Å². The monoisotopic (exact) mass is 240 g/mol. The second kappa shape index (κ2) is 5.13. The first-order valence-electron chi connectivity index (χ1n) is 5.71. The first-order chi connectivity index (χ1) is 7.76. The number of pyridine rings is 1. The molecule has 1 saturated carbocycles. The van der Waals surface area contributed by atoms with Crippen molar-refractivity contribution in [1.82, 2.24) is 10.3 Å². The number of aliphatic hydroxyl groups excluding tert-OH is 1. The zero-order chi connectivity index (χ0) is 11.4. The van der Waals surface area contributed by atoms with Crippen LogP contribution >= 0.6 is 11.6 Å². The molecule has 0 bridgehead atoms. The number of halogens is 1. The van der Waals surface area contributed by atoms with Crippen LogP contribution in [0.4, 0.5) is 0 Å². The minimum atomic E-state index is -0.0980. The van der Waals surface area contributed by atoms with E-state index in [0.29, 0.717) is 11.7 Å². The highest BCUT2D eigenvalue weighted by molar-refractivity contribution is 6.30. The predicted molar refractivity (Wildman–Crippen MR) is 64.4 cm³/mol. The second-order valence-electron chi connectivity index (χ2n) is 4.45.